The van der Waals surface area contributed by atoms with E-state index in [0.29, 0.717) is 35.2 Å². The molecule has 31 heavy (non-hydrogen) atoms. The molecule has 2 atom stereocenters. The zero-order valence-corrected chi connectivity index (χ0v) is 17.1. The second-order valence-electron chi connectivity index (χ2n) is 7.64. The topological polar surface area (TPSA) is 62.2 Å². The number of carbonyl (C=O) groups is 1. The van der Waals surface area contributed by atoms with Gasteiger partial charge in [-0.2, -0.15) is 13.2 Å². The minimum absolute atomic E-state index is 0.0707. The maximum atomic E-state index is 13.3. The van der Waals surface area contributed by atoms with Gasteiger partial charge in [0.05, 0.1) is 11.1 Å². The van der Waals surface area contributed by atoms with Gasteiger partial charge in [0.1, 0.15) is 16.5 Å². The number of pyridine rings is 2. The maximum absolute atomic E-state index is 13.3. The quantitative estimate of drug-likeness (QED) is 0.607. The third-order valence-electron chi connectivity index (χ3n) is 5.78. The summed E-state index contributed by atoms with van der Waals surface area (Å²) >= 11 is 1.42. The van der Waals surface area contributed by atoms with Crippen LogP contribution in [0.15, 0.2) is 48.2 Å². The van der Waals surface area contributed by atoms with Crippen LogP contribution >= 0.6 is 11.3 Å². The third kappa shape index (κ3) is 3.65. The van der Waals surface area contributed by atoms with Gasteiger partial charge in [0.25, 0.3) is 5.91 Å². The number of amides is 1. The second kappa shape index (κ2) is 7.60. The highest BCUT2D eigenvalue weighted by atomic mass is 32.1. The number of nitrogens with zero attached hydrogens (tertiary/aromatic N) is 5. The number of carbonyl (C=O) groups excluding carboxylic acids is 1. The minimum Gasteiger partial charge on any atom is -0.347 e. The van der Waals surface area contributed by atoms with Gasteiger partial charge in [-0.25, -0.2) is 9.97 Å². The SMILES string of the molecule is O=C(c1cccnc1-c1nccs1)N1CC2CCC(C1)N2c1cc(C(F)(F)F)ccn1. The van der Waals surface area contributed by atoms with Crippen molar-refractivity contribution in [2.75, 3.05) is 18.0 Å². The maximum Gasteiger partial charge on any atom is 0.416 e. The molecule has 6 nitrogen and oxygen atoms in total. The Kier molecular flexibility index (Phi) is 4.88. The first-order chi connectivity index (χ1) is 14.9. The molecule has 0 radical (unpaired) electrons. The average molecular weight is 445 g/mol. The molecule has 10 heteroatoms. The molecule has 2 aliphatic heterocycles. The molecule has 3 aromatic heterocycles. The van der Waals surface area contributed by atoms with Crippen molar-refractivity contribution in [2.45, 2.75) is 31.1 Å². The fraction of sp³-hybridized carbons (Fsp3) is 0.333. The van der Waals surface area contributed by atoms with Crippen LogP contribution in [-0.2, 0) is 6.18 Å². The van der Waals surface area contributed by atoms with E-state index >= 15 is 0 Å². The van der Waals surface area contributed by atoms with Crippen molar-refractivity contribution in [3.05, 3.63) is 59.4 Å². The Labute approximate surface area is 180 Å². The van der Waals surface area contributed by atoms with Gasteiger partial charge in [0, 0.05) is 49.1 Å². The van der Waals surface area contributed by atoms with Crippen LogP contribution in [0.3, 0.4) is 0 Å². The van der Waals surface area contributed by atoms with Crippen molar-refractivity contribution in [1.82, 2.24) is 19.9 Å². The number of halogens is 3. The van der Waals surface area contributed by atoms with Crippen LogP contribution in [0, 0.1) is 0 Å². The summed E-state index contributed by atoms with van der Waals surface area (Å²) < 4.78 is 39.4. The van der Waals surface area contributed by atoms with Crippen LogP contribution in [0.5, 0.6) is 0 Å². The number of piperazine rings is 1. The molecule has 0 spiro atoms. The predicted molar refractivity (Wildman–Crippen MR) is 110 cm³/mol. The Hall–Kier alpha value is -3.01. The lowest BCUT2D eigenvalue weighted by atomic mass is 10.1. The molecule has 2 aliphatic rings. The normalized spacial score (nSPS) is 20.9. The molecule has 5 rings (SSSR count). The Morgan fingerprint density at radius 1 is 1.03 bits per heavy atom. The number of anilines is 1. The first-order valence-corrected chi connectivity index (χ1v) is 10.8. The molecule has 0 aliphatic carbocycles. The van der Waals surface area contributed by atoms with Crippen LogP contribution in [-0.4, -0.2) is 50.9 Å². The van der Waals surface area contributed by atoms with Crippen LogP contribution in [0.25, 0.3) is 10.7 Å². The number of thiazole rings is 1. The molecular formula is C21H18F3N5OS. The zero-order chi connectivity index (χ0) is 21.6. The average Bonchev–Trinajstić information content (AvgIpc) is 3.39. The van der Waals surface area contributed by atoms with Gasteiger partial charge in [0.15, 0.2) is 0 Å². The van der Waals surface area contributed by atoms with Gasteiger partial charge >= 0.3 is 6.18 Å². The molecule has 2 bridgehead atoms. The number of likely N-dealkylation sites (tertiary alicyclic amines) is 1. The predicted octanol–water partition coefficient (Wildman–Crippen LogP) is 4.11. The molecule has 3 aromatic rings. The third-order valence-corrected chi connectivity index (χ3v) is 6.56. The summed E-state index contributed by atoms with van der Waals surface area (Å²) in [5, 5.41) is 2.51. The largest absolute Gasteiger partial charge is 0.416 e. The standard InChI is InChI=1S/C21H18F3N5OS/c22-21(23,24)13-5-7-25-17(10-13)29-14-3-4-15(29)12-28(11-14)20(30)16-2-1-6-26-18(16)19-27-8-9-31-19/h1-2,5-10,14-15H,3-4,11-12H2. The lowest BCUT2D eigenvalue weighted by molar-refractivity contribution is -0.137. The van der Waals surface area contributed by atoms with E-state index in [0.717, 1.165) is 25.0 Å². The first kappa shape index (κ1) is 19.9. The summed E-state index contributed by atoms with van der Waals surface area (Å²) in [6.07, 6.45) is 1.70. The molecule has 2 unspecified atom stereocenters. The Balaban J connectivity index is 1.40. The number of aromatic nitrogens is 3. The van der Waals surface area contributed by atoms with Crippen molar-refractivity contribution in [1.29, 1.82) is 0 Å². The van der Waals surface area contributed by atoms with Crippen LogP contribution in [0.4, 0.5) is 19.0 Å². The van der Waals surface area contributed by atoms with Gasteiger partial charge in [-0.05, 0) is 37.1 Å². The molecule has 2 saturated heterocycles. The highest BCUT2D eigenvalue weighted by Crippen LogP contribution is 2.37. The molecule has 0 saturated carbocycles. The molecule has 0 N–H and O–H groups in total. The van der Waals surface area contributed by atoms with Gasteiger partial charge in [-0.1, -0.05) is 0 Å². The van der Waals surface area contributed by atoms with Crippen LogP contribution < -0.4 is 4.90 Å². The van der Waals surface area contributed by atoms with Gasteiger partial charge in [-0.3, -0.25) is 9.78 Å². The summed E-state index contributed by atoms with van der Waals surface area (Å²) in [7, 11) is 0. The van der Waals surface area contributed by atoms with Crippen LogP contribution in [0.2, 0.25) is 0 Å². The Morgan fingerprint density at radius 2 is 1.81 bits per heavy atom. The van der Waals surface area contributed by atoms with Gasteiger partial charge in [0.2, 0.25) is 0 Å². The van der Waals surface area contributed by atoms with Gasteiger partial charge in [-0.15, -0.1) is 11.3 Å². The summed E-state index contributed by atoms with van der Waals surface area (Å²) in [5.74, 6) is 0.186. The molecule has 2 fully saturated rings. The highest BCUT2D eigenvalue weighted by molar-refractivity contribution is 7.13. The molecular weight excluding hydrogens is 427 g/mol. The van der Waals surface area contributed by atoms with Crippen molar-refractivity contribution in [3.63, 3.8) is 0 Å². The molecule has 5 heterocycles. The Morgan fingerprint density at radius 3 is 2.48 bits per heavy atom. The van der Waals surface area contributed by atoms with E-state index in [9.17, 15) is 18.0 Å². The summed E-state index contributed by atoms with van der Waals surface area (Å²) in [6.45, 7) is 0.860. The summed E-state index contributed by atoms with van der Waals surface area (Å²) in [4.78, 5) is 29.9. The number of hydrogen-bond acceptors (Lipinski definition) is 6. The molecule has 160 valence electrons. The highest BCUT2D eigenvalue weighted by Gasteiger charge is 2.43. The van der Waals surface area contributed by atoms with Crippen molar-refractivity contribution in [2.24, 2.45) is 0 Å². The van der Waals surface area contributed by atoms with Crippen molar-refractivity contribution >= 4 is 23.1 Å². The molecule has 1 amide bonds. The lowest BCUT2D eigenvalue weighted by Gasteiger charge is -2.42. The van der Waals surface area contributed by atoms with E-state index in [-0.39, 0.29) is 18.0 Å². The van der Waals surface area contributed by atoms with Crippen molar-refractivity contribution < 1.29 is 18.0 Å². The fourth-order valence-corrected chi connectivity index (χ4v) is 5.08. The van der Waals surface area contributed by atoms with Gasteiger partial charge < -0.3 is 9.80 Å². The van der Waals surface area contributed by atoms with E-state index in [1.54, 1.807) is 29.4 Å². The lowest BCUT2D eigenvalue weighted by Crippen LogP contribution is -2.55. The van der Waals surface area contributed by atoms with E-state index in [2.05, 4.69) is 15.0 Å². The fourth-order valence-electron chi connectivity index (χ4n) is 4.44. The zero-order valence-electron chi connectivity index (χ0n) is 16.3. The van der Waals surface area contributed by atoms with Crippen LogP contribution in [0.1, 0.15) is 28.8 Å². The Bertz CT molecular complexity index is 1090. The van der Waals surface area contributed by atoms with E-state index < -0.39 is 11.7 Å². The first-order valence-electron chi connectivity index (χ1n) is 9.87. The van der Waals surface area contributed by atoms with E-state index in [1.165, 1.54) is 17.5 Å². The van der Waals surface area contributed by atoms with E-state index in [4.69, 9.17) is 0 Å². The number of hydrogen-bond donors (Lipinski definition) is 0. The van der Waals surface area contributed by atoms with E-state index in [1.807, 2.05) is 10.3 Å². The minimum atomic E-state index is -4.42. The summed E-state index contributed by atoms with van der Waals surface area (Å²) in [5.41, 5.74) is 0.332. The smallest absolute Gasteiger partial charge is 0.347 e. The number of rotatable bonds is 3. The number of alkyl halides is 3. The monoisotopic (exact) mass is 445 g/mol. The second-order valence-corrected chi connectivity index (χ2v) is 8.53. The van der Waals surface area contributed by atoms with Crippen molar-refractivity contribution in [3.8, 4) is 10.7 Å². The molecule has 0 aromatic carbocycles. The summed E-state index contributed by atoms with van der Waals surface area (Å²) in [6, 6.07) is 5.41. The number of fused-ring (bicyclic) bond motifs is 2.